The maximum absolute atomic E-state index is 13.5. The molecule has 0 aliphatic heterocycles. The fourth-order valence-corrected chi connectivity index (χ4v) is 8.95. The van der Waals surface area contributed by atoms with E-state index in [-0.39, 0.29) is 48.4 Å². The summed E-state index contributed by atoms with van der Waals surface area (Å²) in [6.45, 7) is 12.2. The van der Waals surface area contributed by atoms with Gasteiger partial charge >= 0.3 is 31.3 Å². The van der Waals surface area contributed by atoms with Crippen LogP contribution in [0.4, 0.5) is 43.9 Å². The summed E-state index contributed by atoms with van der Waals surface area (Å²) < 4.78 is 178. The van der Waals surface area contributed by atoms with Gasteiger partial charge in [-0.1, -0.05) is 24.3 Å². The van der Waals surface area contributed by atoms with Crippen LogP contribution in [0.15, 0.2) is 47.9 Å². The molecule has 4 aromatic rings. The fourth-order valence-electron chi connectivity index (χ4n) is 7.93. The number of carbonyl (C=O) groups is 2. The first-order chi connectivity index (χ1) is 31.4. The topological polar surface area (TPSA) is 121 Å². The molecule has 0 radical (unpaired) electrons. The van der Waals surface area contributed by atoms with Crippen LogP contribution in [-0.4, -0.2) is 39.4 Å². The van der Waals surface area contributed by atoms with Crippen LogP contribution in [0.2, 0.25) is 0 Å². The Kier molecular flexibility index (Phi) is 16.2. The molecular formula is C48H46F10O8S2. The Bertz CT molecular complexity index is 2950. The summed E-state index contributed by atoms with van der Waals surface area (Å²) >= 11 is 0. The highest BCUT2D eigenvalue weighted by Crippen LogP contribution is 2.36. The minimum absolute atomic E-state index is 0.0167. The second-order valence-corrected chi connectivity index (χ2v) is 19.7. The zero-order chi connectivity index (χ0) is 50.8. The molecule has 4 aromatic carbocycles. The number of hydrogen-bond donors (Lipinski definition) is 0. The first-order valence-corrected chi connectivity index (χ1v) is 23.8. The lowest BCUT2D eigenvalue weighted by molar-refractivity contribution is -0.119. The number of ketones is 2. The van der Waals surface area contributed by atoms with Gasteiger partial charge in [0.15, 0.2) is 23.3 Å². The first-order valence-electron chi connectivity index (χ1n) is 21.0. The highest BCUT2D eigenvalue weighted by molar-refractivity contribution is 7.88. The number of fused-ring (bicyclic) bond motifs is 4. The first kappa shape index (κ1) is 53.5. The van der Waals surface area contributed by atoms with Gasteiger partial charge in [-0.25, -0.2) is 17.6 Å². The number of rotatable bonds is 4. The molecule has 0 heterocycles. The molecule has 0 atom stereocenters. The molecule has 4 aliphatic rings. The molecule has 0 bridgehead atoms. The van der Waals surface area contributed by atoms with E-state index in [4.69, 9.17) is 0 Å². The number of hydrogen-bond acceptors (Lipinski definition) is 8. The van der Waals surface area contributed by atoms with Crippen molar-refractivity contribution in [1.29, 1.82) is 0 Å². The van der Waals surface area contributed by atoms with E-state index in [1.54, 1.807) is 6.07 Å². The van der Waals surface area contributed by atoms with Crippen molar-refractivity contribution in [3.05, 3.63) is 149 Å². The standard InChI is InChI=1S/C14H15F3O3S.C13H16O.C11H7F5O3S.C10H8F2O/c1-8-6-11-4-5-12(7-13(11)10(3)9(8)2)20-21(18,19)14(15,16)17;1-8-6-11-4-5-12(14)7-13(11)10(3)9(8)2;12-9-4-2-6-1-3-7(5-8(6)10(9)13)19-20(17,18)11(14,15)16;11-9-4-2-6-1-3-7(13)5-8(6)10(9)12/h6-7H,4-5H2,1-3H3;6H,4-5,7H2,1-3H3;2,4-5H,1,3H2;2,4H,1,3,5H2. The van der Waals surface area contributed by atoms with Crippen LogP contribution < -0.4 is 0 Å². The summed E-state index contributed by atoms with van der Waals surface area (Å²) in [5.41, 5.74) is 1.60. The smallest absolute Gasteiger partial charge is 0.381 e. The quantitative estimate of drug-likeness (QED) is 0.113. The van der Waals surface area contributed by atoms with Gasteiger partial charge in [0, 0.05) is 49.7 Å². The van der Waals surface area contributed by atoms with Gasteiger partial charge in [0.1, 0.15) is 23.1 Å². The lowest BCUT2D eigenvalue weighted by Gasteiger charge is -2.21. The van der Waals surface area contributed by atoms with Gasteiger partial charge in [0.25, 0.3) is 0 Å². The summed E-state index contributed by atoms with van der Waals surface area (Å²) in [5.74, 6) is -4.54. The molecule has 0 aromatic heterocycles. The molecule has 20 heteroatoms. The van der Waals surface area contributed by atoms with Crippen LogP contribution >= 0.6 is 0 Å². The molecule has 0 amide bonds. The van der Waals surface area contributed by atoms with Gasteiger partial charge in [-0.2, -0.15) is 43.2 Å². The number of alkyl halides is 6. The monoisotopic (exact) mass is 1000 g/mol. The van der Waals surface area contributed by atoms with E-state index in [9.17, 15) is 70.3 Å². The van der Waals surface area contributed by atoms with Crippen molar-refractivity contribution in [2.45, 2.75) is 117 Å². The largest absolute Gasteiger partial charge is 0.534 e. The summed E-state index contributed by atoms with van der Waals surface area (Å²) in [7, 11) is -11.4. The van der Waals surface area contributed by atoms with Crippen LogP contribution in [-0.2, 0) is 76.7 Å². The van der Waals surface area contributed by atoms with Gasteiger partial charge in [-0.05, 0) is 158 Å². The molecule has 0 saturated heterocycles. The second kappa shape index (κ2) is 20.6. The van der Waals surface area contributed by atoms with Crippen molar-refractivity contribution in [3.63, 3.8) is 0 Å². The van der Waals surface area contributed by atoms with Crippen LogP contribution in [0.25, 0.3) is 12.2 Å². The summed E-state index contributed by atoms with van der Waals surface area (Å²) in [6.07, 6.45) is 5.97. The van der Waals surface area contributed by atoms with Crippen LogP contribution in [0, 0.1) is 64.8 Å². The Balaban J connectivity index is 0.000000173. The average Bonchev–Trinajstić information content (AvgIpc) is 3.25. The molecule has 0 saturated carbocycles. The highest BCUT2D eigenvalue weighted by Gasteiger charge is 2.50. The van der Waals surface area contributed by atoms with Gasteiger partial charge in [0.2, 0.25) is 0 Å². The Morgan fingerprint density at radius 3 is 1.40 bits per heavy atom. The predicted molar refractivity (Wildman–Crippen MR) is 233 cm³/mol. The second-order valence-electron chi connectivity index (χ2n) is 16.6. The molecule has 0 fully saturated rings. The normalized spacial score (nSPS) is 15.5. The van der Waals surface area contributed by atoms with Gasteiger partial charge in [-0.3, -0.25) is 9.59 Å². The van der Waals surface area contributed by atoms with E-state index >= 15 is 0 Å². The minimum atomic E-state index is -5.81. The molecular weight excluding hydrogens is 959 g/mol. The number of allylic oxidation sites excluding steroid dienone is 2. The molecule has 368 valence electrons. The summed E-state index contributed by atoms with van der Waals surface area (Å²) in [6, 6.07) is 9.07. The van der Waals surface area contributed by atoms with Crippen molar-refractivity contribution in [3.8, 4) is 0 Å². The Morgan fingerprint density at radius 1 is 0.456 bits per heavy atom. The van der Waals surface area contributed by atoms with Crippen LogP contribution in [0.3, 0.4) is 0 Å². The lowest BCUT2D eigenvalue weighted by Crippen LogP contribution is -2.25. The lowest BCUT2D eigenvalue weighted by atomic mass is 9.84. The molecule has 4 aliphatic carbocycles. The van der Waals surface area contributed by atoms with E-state index in [2.05, 4.69) is 35.2 Å². The van der Waals surface area contributed by atoms with Crippen molar-refractivity contribution >= 4 is 44.0 Å². The van der Waals surface area contributed by atoms with Gasteiger partial charge in [0.05, 0.1) is 0 Å². The summed E-state index contributed by atoms with van der Waals surface area (Å²) in [4.78, 5) is 22.4. The third kappa shape index (κ3) is 12.2. The molecule has 8 rings (SSSR count). The number of aryl methyl sites for hydroxylation is 6. The Morgan fingerprint density at radius 2 is 0.868 bits per heavy atom. The number of Topliss-reactive ketones (excluding diaryl/α,β-unsaturated/α-hetero) is 2. The number of benzene rings is 4. The third-order valence-corrected chi connectivity index (χ3v) is 14.2. The highest BCUT2D eigenvalue weighted by atomic mass is 32.2. The van der Waals surface area contributed by atoms with E-state index in [1.165, 1.54) is 40.0 Å². The number of carbonyl (C=O) groups excluding carboxylic acids is 2. The van der Waals surface area contributed by atoms with Crippen molar-refractivity contribution < 1.29 is 78.7 Å². The van der Waals surface area contributed by atoms with Crippen molar-refractivity contribution in [2.75, 3.05) is 0 Å². The van der Waals surface area contributed by atoms with E-state index < -0.39 is 60.3 Å². The van der Waals surface area contributed by atoms with Gasteiger partial charge in [-0.15, -0.1) is 0 Å². The van der Waals surface area contributed by atoms with Crippen LogP contribution in [0.1, 0.15) is 104 Å². The Hall–Kier alpha value is -5.50. The minimum Gasteiger partial charge on any atom is -0.381 e. The van der Waals surface area contributed by atoms with Crippen molar-refractivity contribution in [1.82, 2.24) is 0 Å². The molecule has 68 heavy (non-hydrogen) atoms. The zero-order valence-corrected chi connectivity index (χ0v) is 39.2. The maximum atomic E-state index is 13.5. The van der Waals surface area contributed by atoms with Crippen LogP contribution in [0.5, 0.6) is 0 Å². The summed E-state index contributed by atoms with van der Waals surface area (Å²) in [5, 5.41) is 0. The van der Waals surface area contributed by atoms with Gasteiger partial charge < -0.3 is 8.37 Å². The molecule has 0 spiro atoms. The maximum Gasteiger partial charge on any atom is 0.534 e. The zero-order valence-electron chi connectivity index (χ0n) is 37.6. The van der Waals surface area contributed by atoms with Crippen molar-refractivity contribution in [2.24, 2.45) is 0 Å². The fraction of sp³-hybridized carbons (Fsp3) is 0.375. The number of halogens is 10. The average molecular weight is 1010 g/mol. The Labute approximate surface area is 387 Å². The van der Waals surface area contributed by atoms with E-state index in [0.717, 1.165) is 64.4 Å². The molecule has 0 unspecified atom stereocenters. The van der Waals surface area contributed by atoms with E-state index in [1.807, 2.05) is 26.8 Å². The molecule has 0 N–H and O–H groups in total. The third-order valence-electron chi connectivity index (χ3n) is 12.2. The van der Waals surface area contributed by atoms with E-state index in [0.29, 0.717) is 37.0 Å². The predicted octanol–water partition coefficient (Wildman–Crippen LogP) is 11.6. The molecule has 8 nitrogen and oxygen atoms in total. The SMILES string of the molecule is Cc1cc2c(c(C)c1C)C=C(OS(=O)(=O)C(F)(F)F)CC2.Cc1cc2c(c(C)c1C)CC(=O)CC2.O=C1CCc2ccc(F)c(F)c2C1.O=S(=O)(OC1=Cc2c(ccc(F)c2F)CC1)C(F)(F)F.